The number of amides is 1. The van der Waals surface area contributed by atoms with Gasteiger partial charge in [-0.3, -0.25) is 4.79 Å². The molecule has 1 aromatic heterocycles. The summed E-state index contributed by atoms with van der Waals surface area (Å²) in [6.07, 6.45) is 1.98. The summed E-state index contributed by atoms with van der Waals surface area (Å²) in [7, 11) is 1.35. The summed E-state index contributed by atoms with van der Waals surface area (Å²) in [5.74, 6) is -0.171. The Morgan fingerprint density at radius 3 is 2.86 bits per heavy atom. The second-order valence-corrected chi connectivity index (χ2v) is 6.43. The molecule has 1 aliphatic rings. The quantitative estimate of drug-likeness (QED) is 0.849. The Balaban J connectivity index is 2.19. The maximum Gasteiger partial charge on any atom is 0.341 e. The van der Waals surface area contributed by atoms with Crippen LogP contribution < -0.4 is 5.32 Å². The van der Waals surface area contributed by atoms with E-state index in [1.165, 1.54) is 18.4 Å². The van der Waals surface area contributed by atoms with E-state index in [9.17, 15) is 9.59 Å². The smallest absolute Gasteiger partial charge is 0.341 e. The zero-order valence-electron chi connectivity index (χ0n) is 12.6. The molecule has 116 valence electrons. The highest BCUT2D eigenvalue weighted by atomic mass is 32.1. The largest absolute Gasteiger partial charge is 0.465 e. The first-order valence-electron chi connectivity index (χ1n) is 7.14. The summed E-state index contributed by atoms with van der Waals surface area (Å²) < 4.78 is 10.2. The summed E-state index contributed by atoms with van der Waals surface area (Å²) in [6, 6.07) is 0. The van der Waals surface area contributed by atoms with Crippen LogP contribution in [-0.2, 0) is 20.7 Å². The van der Waals surface area contributed by atoms with Gasteiger partial charge in [-0.2, -0.15) is 0 Å². The third kappa shape index (κ3) is 3.83. The van der Waals surface area contributed by atoms with Crippen molar-refractivity contribution in [2.24, 2.45) is 5.92 Å². The van der Waals surface area contributed by atoms with Gasteiger partial charge in [0.2, 0.25) is 0 Å². The van der Waals surface area contributed by atoms with E-state index in [1.807, 2.05) is 5.38 Å². The molecule has 0 aromatic carbocycles. The molecule has 1 atom stereocenters. The summed E-state index contributed by atoms with van der Waals surface area (Å²) in [5.41, 5.74) is 1.40. The molecule has 2 rings (SSSR count). The number of carbonyl (C=O) groups is 2. The standard InChI is InChI=1S/C15H21NO4S/c1-9(2)7-10-8-21-14(12(10)15(18)19-3)16-13(17)11-5-4-6-20-11/h8-9,11H,4-7H2,1-3H3,(H,16,17). The maximum absolute atomic E-state index is 12.1. The van der Waals surface area contributed by atoms with Crippen LogP contribution in [0.4, 0.5) is 5.00 Å². The van der Waals surface area contributed by atoms with Crippen LogP contribution in [0.25, 0.3) is 0 Å². The summed E-state index contributed by atoms with van der Waals surface area (Å²) in [5, 5.41) is 5.28. The number of hydrogen-bond donors (Lipinski definition) is 1. The molecule has 0 spiro atoms. The Labute approximate surface area is 128 Å². The van der Waals surface area contributed by atoms with Crippen molar-refractivity contribution >= 4 is 28.2 Å². The van der Waals surface area contributed by atoms with E-state index in [0.29, 0.717) is 23.1 Å². The monoisotopic (exact) mass is 311 g/mol. The maximum atomic E-state index is 12.1. The van der Waals surface area contributed by atoms with Gasteiger partial charge in [0, 0.05) is 6.61 Å². The molecule has 1 unspecified atom stereocenters. The molecule has 0 bridgehead atoms. The zero-order valence-corrected chi connectivity index (χ0v) is 13.4. The normalized spacial score (nSPS) is 18.0. The van der Waals surface area contributed by atoms with Crippen LogP contribution in [0.5, 0.6) is 0 Å². The van der Waals surface area contributed by atoms with E-state index in [-0.39, 0.29) is 5.91 Å². The fourth-order valence-electron chi connectivity index (χ4n) is 2.38. The first-order chi connectivity index (χ1) is 10.0. The van der Waals surface area contributed by atoms with Crippen LogP contribution in [0.3, 0.4) is 0 Å². The van der Waals surface area contributed by atoms with Gasteiger partial charge in [0.1, 0.15) is 11.1 Å². The van der Waals surface area contributed by atoms with Gasteiger partial charge in [-0.05, 0) is 36.1 Å². The lowest BCUT2D eigenvalue weighted by Crippen LogP contribution is -2.27. The molecule has 0 aliphatic carbocycles. The molecule has 5 nitrogen and oxygen atoms in total. The van der Waals surface area contributed by atoms with Crippen LogP contribution in [0, 0.1) is 5.92 Å². The van der Waals surface area contributed by atoms with Crippen molar-refractivity contribution in [3.8, 4) is 0 Å². The molecule has 1 N–H and O–H groups in total. The minimum atomic E-state index is -0.411. The number of nitrogens with one attached hydrogen (secondary N) is 1. The van der Waals surface area contributed by atoms with Crippen molar-refractivity contribution in [1.29, 1.82) is 0 Å². The van der Waals surface area contributed by atoms with Crippen LogP contribution in [0.1, 0.15) is 42.6 Å². The number of carbonyl (C=O) groups excluding carboxylic acids is 2. The van der Waals surface area contributed by atoms with Crippen molar-refractivity contribution in [1.82, 2.24) is 0 Å². The highest BCUT2D eigenvalue weighted by Gasteiger charge is 2.27. The van der Waals surface area contributed by atoms with E-state index < -0.39 is 12.1 Å². The second kappa shape index (κ2) is 7.04. The molecule has 1 fully saturated rings. The van der Waals surface area contributed by atoms with Crippen LogP contribution in [0.2, 0.25) is 0 Å². The Bertz CT molecular complexity index is 518. The zero-order chi connectivity index (χ0) is 15.4. The van der Waals surface area contributed by atoms with Gasteiger partial charge in [0.05, 0.1) is 12.7 Å². The van der Waals surface area contributed by atoms with Gasteiger partial charge < -0.3 is 14.8 Å². The molecule has 6 heteroatoms. The highest BCUT2D eigenvalue weighted by Crippen LogP contribution is 2.31. The Kier molecular flexibility index (Phi) is 5.36. The van der Waals surface area contributed by atoms with Gasteiger partial charge in [-0.25, -0.2) is 4.79 Å². The van der Waals surface area contributed by atoms with Crippen LogP contribution >= 0.6 is 11.3 Å². The van der Waals surface area contributed by atoms with Gasteiger partial charge in [-0.1, -0.05) is 13.8 Å². The van der Waals surface area contributed by atoms with E-state index in [0.717, 1.165) is 24.8 Å². The van der Waals surface area contributed by atoms with E-state index in [1.54, 1.807) is 0 Å². The molecule has 1 aromatic rings. The molecule has 2 heterocycles. The fraction of sp³-hybridized carbons (Fsp3) is 0.600. The second-order valence-electron chi connectivity index (χ2n) is 5.55. The van der Waals surface area contributed by atoms with Gasteiger partial charge in [0.25, 0.3) is 5.91 Å². The lowest BCUT2D eigenvalue weighted by Gasteiger charge is -2.11. The minimum Gasteiger partial charge on any atom is -0.465 e. The SMILES string of the molecule is COC(=O)c1c(CC(C)C)csc1NC(=O)C1CCCO1. The Morgan fingerprint density at radius 2 is 2.29 bits per heavy atom. The number of hydrogen-bond acceptors (Lipinski definition) is 5. The number of ether oxygens (including phenoxy) is 2. The van der Waals surface area contributed by atoms with Crippen LogP contribution in [-0.4, -0.2) is 31.7 Å². The summed E-state index contributed by atoms with van der Waals surface area (Å²) in [6.45, 7) is 4.79. The van der Waals surface area contributed by atoms with E-state index in [2.05, 4.69) is 19.2 Å². The average Bonchev–Trinajstić information content (AvgIpc) is 3.07. The molecular formula is C15H21NO4S. The molecule has 0 saturated carbocycles. The minimum absolute atomic E-state index is 0.185. The van der Waals surface area contributed by atoms with Gasteiger partial charge >= 0.3 is 5.97 Å². The van der Waals surface area contributed by atoms with Gasteiger partial charge in [0.15, 0.2) is 0 Å². The number of rotatable bonds is 5. The number of esters is 1. The van der Waals surface area contributed by atoms with Gasteiger partial charge in [-0.15, -0.1) is 11.3 Å². The van der Waals surface area contributed by atoms with E-state index in [4.69, 9.17) is 9.47 Å². The first kappa shape index (κ1) is 16.0. The summed E-state index contributed by atoms with van der Waals surface area (Å²) >= 11 is 1.36. The fourth-order valence-corrected chi connectivity index (χ4v) is 3.34. The lowest BCUT2D eigenvalue weighted by atomic mass is 10.0. The van der Waals surface area contributed by atoms with Crippen molar-refractivity contribution in [3.63, 3.8) is 0 Å². The van der Waals surface area contributed by atoms with Crippen LogP contribution in [0.15, 0.2) is 5.38 Å². The Morgan fingerprint density at radius 1 is 1.52 bits per heavy atom. The average molecular weight is 311 g/mol. The predicted octanol–water partition coefficient (Wildman–Crippen LogP) is 2.85. The molecule has 1 amide bonds. The number of anilines is 1. The van der Waals surface area contributed by atoms with Crippen molar-refractivity contribution < 1.29 is 19.1 Å². The molecule has 0 radical (unpaired) electrons. The number of thiophene rings is 1. The predicted molar refractivity (Wildman–Crippen MR) is 81.8 cm³/mol. The third-order valence-corrected chi connectivity index (χ3v) is 4.29. The lowest BCUT2D eigenvalue weighted by molar-refractivity contribution is -0.124. The number of methoxy groups -OCH3 is 1. The van der Waals surface area contributed by atoms with Crippen molar-refractivity contribution in [2.45, 2.75) is 39.2 Å². The first-order valence-corrected chi connectivity index (χ1v) is 8.02. The topological polar surface area (TPSA) is 64.6 Å². The van der Waals surface area contributed by atoms with E-state index >= 15 is 0 Å². The molecule has 1 aliphatic heterocycles. The molecule has 1 saturated heterocycles. The summed E-state index contributed by atoms with van der Waals surface area (Å²) in [4.78, 5) is 24.1. The third-order valence-electron chi connectivity index (χ3n) is 3.34. The molecule has 21 heavy (non-hydrogen) atoms. The van der Waals surface area contributed by atoms with Crippen molar-refractivity contribution in [3.05, 3.63) is 16.5 Å². The highest BCUT2D eigenvalue weighted by molar-refractivity contribution is 7.15. The Hall–Kier alpha value is -1.40. The van der Waals surface area contributed by atoms with Crippen molar-refractivity contribution in [2.75, 3.05) is 19.0 Å². The molecular weight excluding hydrogens is 290 g/mol.